The molecule has 0 bridgehead atoms. The van der Waals surface area contributed by atoms with Crippen LogP contribution >= 0.6 is 34.4 Å². The van der Waals surface area contributed by atoms with Gasteiger partial charge in [-0.1, -0.05) is 36.9 Å². The van der Waals surface area contributed by atoms with Crippen LogP contribution in [-0.2, 0) is 17.6 Å². The number of nitrogens with zero attached hydrogens (tertiary/aromatic N) is 3. The summed E-state index contributed by atoms with van der Waals surface area (Å²) in [4.78, 5) is 26.2. The van der Waals surface area contributed by atoms with Crippen molar-refractivity contribution >= 4 is 61.3 Å². The van der Waals surface area contributed by atoms with Crippen molar-refractivity contribution in [2.75, 3.05) is 11.1 Å². The van der Waals surface area contributed by atoms with Crippen molar-refractivity contribution in [2.24, 2.45) is 11.7 Å². The molecular weight excluding hydrogens is 499 g/mol. The van der Waals surface area contributed by atoms with E-state index >= 15 is 0 Å². The van der Waals surface area contributed by atoms with Gasteiger partial charge in [-0.05, 0) is 50.7 Å². The monoisotopic (exact) mass is 525 g/mol. The maximum Gasteiger partial charge on any atom is 0.251 e. The molecule has 1 aromatic carbocycles. The van der Waals surface area contributed by atoms with Crippen LogP contribution < -0.4 is 11.1 Å². The average molecular weight is 526 g/mol. The van der Waals surface area contributed by atoms with Gasteiger partial charge >= 0.3 is 0 Å². The summed E-state index contributed by atoms with van der Waals surface area (Å²) in [7, 11) is 0. The third kappa shape index (κ3) is 4.62. The largest absolute Gasteiger partial charge is 0.365 e. The van der Waals surface area contributed by atoms with Gasteiger partial charge in [0.2, 0.25) is 5.91 Å². The van der Waals surface area contributed by atoms with Gasteiger partial charge in [0.15, 0.2) is 11.0 Å². The second-order valence-electron chi connectivity index (χ2n) is 9.17. The number of rotatable bonds is 7. The molecule has 3 N–H and O–H groups in total. The minimum Gasteiger partial charge on any atom is -0.365 e. The number of carbonyl (C=O) groups excluding carboxylic acids is 2. The maximum atomic E-state index is 12.9. The van der Waals surface area contributed by atoms with E-state index in [9.17, 15) is 9.59 Å². The lowest BCUT2D eigenvalue weighted by Gasteiger charge is -2.18. The minimum absolute atomic E-state index is 0.122. The number of aromatic nitrogens is 3. The summed E-state index contributed by atoms with van der Waals surface area (Å²) >= 11 is 4.51. The van der Waals surface area contributed by atoms with Gasteiger partial charge in [0.1, 0.15) is 5.00 Å². The number of nitrogens with two attached hydrogens (primary N) is 1. The minimum atomic E-state index is -0.479. The van der Waals surface area contributed by atoms with Crippen LogP contribution in [0.4, 0.5) is 5.00 Å². The van der Waals surface area contributed by atoms with Gasteiger partial charge in [0, 0.05) is 31.9 Å². The van der Waals surface area contributed by atoms with Gasteiger partial charge in [0.25, 0.3) is 5.91 Å². The van der Waals surface area contributed by atoms with Crippen LogP contribution in [0.2, 0.25) is 0 Å². The highest BCUT2D eigenvalue weighted by molar-refractivity contribution is 7.99. The topological polar surface area (TPSA) is 103 Å². The predicted molar refractivity (Wildman–Crippen MR) is 145 cm³/mol. The van der Waals surface area contributed by atoms with E-state index in [1.807, 2.05) is 12.1 Å². The molecule has 1 unspecified atom stereocenters. The van der Waals surface area contributed by atoms with Crippen molar-refractivity contribution in [3.63, 3.8) is 0 Å². The zero-order valence-corrected chi connectivity index (χ0v) is 22.3. The zero-order valence-electron chi connectivity index (χ0n) is 19.8. The van der Waals surface area contributed by atoms with Gasteiger partial charge in [-0.15, -0.1) is 32.9 Å². The number of amides is 2. The van der Waals surface area contributed by atoms with E-state index in [-0.39, 0.29) is 17.7 Å². The summed E-state index contributed by atoms with van der Waals surface area (Å²) in [5.41, 5.74) is 8.23. The maximum absolute atomic E-state index is 12.9. The number of thiophene rings is 2. The standard InChI is InChI=1S/C25H27N5O2S3/c1-13(2)30-23(17-11-33-18-7-5-4-6-15(17)18)28-29-25(30)34-12-20(31)27-24-21(22(26)32)16-9-8-14(3)10-19(16)35-24/h4-7,11,13-14H,8-10,12H2,1-3H3,(H2,26,32)(H,27,31). The van der Waals surface area contributed by atoms with Gasteiger partial charge in [-0.2, -0.15) is 0 Å². The van der Waals surface area contributed by atoms with Crippen molar-refractivity contribution in [3.8, 4) is 11.4 Å². The molecule has 0 spiro atoms. The van der Waals surface area contributed by atoms with Crippen molar-refractivity contribution < 1.29 is 9.59 Å². The van der Waals surface area contributed by atoms with Crippen LogP contribution in [0.1, 0.15) is 54.0 Å². The lowest BCUT2D eigenvalue weighted by Crippen LogP contribution is -2.20. The first kappa shape index (κ1) is 24.0. The number of hydrogen-bond donors (Lipinski definition) is 2. The fraction of sp³-hybridized carbons (Fsp3) is 0.360. The van der Waals surface area contributed by atoms with Crippen LogP contribution in [-0.4, -0.2) is 32.3 Å². The number of primary amides is 1. The molecule has 7 nitrogen and oxygen atoms in total. The number of anilines is 1. The number of carbonyl (C=O) groups is 2. The molecule has 0 saturated heterocycles. The van der Waals surface area contributed by atoms with Crippen molar-refractivity contribution in [1.82, 2.24) is 14.8 Å². The molecular formula is C25H27N5O2S3. The Hall–Kier alpha value is -2.69. The lowest BCUT2D eigenvalue weighted by molar-refractivity contribution is -0.113. The summed E-state index contributed by atoms with van der Waals surface area (Å²) in [6, 6.07) is 8.38. The quantitative estimate of drug-likeness (QED) is 0.299. The number of thioether (sulfide) groups is 1. The molecule has 0 radical (unpaired) electrons. The molecule has 1 aliphatic carbocycles. The second kappa shape index (κ2) is 9.75. The molecule has 3 heterocycles. The van der Waals surface area contributed by atoms with E-state index in [4.69, 9.17) is 5.73 Å². The number of benzene rings is 1. The number of nitrogens with one attached hydrogen (secondary N) is 1. The summed E-state index contributed by atoms with van der Waals surface area (Å²) in [5.74, 6) is 0.860. The molecule has 2 amide bonds. The van der Waals surface area contributed by atoms with Gasteiger partial charge < -0.3 is 11.1 Å². The fourth-order valence-electron chi connectivity index (χ4n) is 4.57. The van der Waals surface area contributed by atoms with E-state index in [1.165, 1.54) is 27.8 Å². The Morgan fingerprint density at radius 2 is 2.09 bits per heavy atom. The predicted octanol–water partition coefficient (Wildman–Crippen LogP) is 5.76. The average Bonchev–Trinajstić information content (AvgIpc) is 3.51. The molecule has 10 heteroatoms. The highest BCUT2D eigenvalue weighted by Gasteiger charge is 2.27. The molecule has 4 aromatic rings. The molecule has 3 aromatic heterocycles. The van der Waals surface area contributed by atoms with Crippen LogP contribution in [0.3, 0.4) is 0 Å². The third-order valence-corrected chi connectivity index (χ3v) is 9.32. The summed E-state index contributed by atoms with van der Waals surface area (Å²) in [6.07, 6.45) is 2.77. The smallest absolute Gasteiger partial charge is 0.251 e. The molecule has 1 aliphatic rings. The molecule has 0 aliphatic heterocycles. The Morgan fingerprint density at radius 3 is 2.86 bits per heavy atom. The highest BCUT2D eigenvalue weighted by atomic mass is 32.2. The molecule has 0 saturated carbocycles. The molecule has 1 atom stereocenters. The summed E-state index contributed by atoms with van der Waals surface area (Å²) in [6.45, 7) is 6.38. The van der Waals surface area contributed by atoms with Crippen molar-refractivity contribution in [3.05, 3.63) is 45.6 Å². The van der Waals surface area contributed by atoms with E-state index in [1.54, 1.807) is 11.3 Å². The van der Waals surface area contributed by atoms with Crippen LogP contribution in [0.15, 0.2) is 34.8 Å². The van der Waals surface area contributed by atoms with Crippen molar-refractivity contribution in [2.45, 2.75) is 51.2 Å². The Kier molecular flexibility index (Phi) is 6.69. The van der Waals surface area contributed by atoms with Gasteiger partial charge in [-0.25, -0.2) is 0 Å². The highest BCUT2D eigenvalue weighted by Crippen LogP contribution is 2.40. The Bertz CT molecular complexity index is 1420. The molecule has 0 fully saturated rings. The first-order valence-corrected chi connectivity index (χ1v) is 14.3. The molecule has 5 rings (SSSR count). The van der Waals surface area contributed by atoms with Crippen molar-refractivity contribution in [1.29, 1.82) is 0 Å². The number of fused-ring (bicyclic) bond motifs is 2. The van der Waals surface area contributed by atoms with Gasteiger partial charge in [-0.3, -0.25) is 14.2 Å². The zero-order chi connectivity index (χ0) is 24.7. The van der Waals surface area contributed by atoms with Crippen LogP contribution in [0, 0.1) is 5.92 Å². The SMILES string of the molecule is CC1CCc2c(sc(NC(=O)CSc3nnc(-c4csc5ccccc45)n3C(C)C)c2C(N)=O)C1. The second-order valence-corrected chi connectivity index (χ2v) is 12.1. The van der Waals surface area contributed by atoms with E-state index in [0.717, 1.165) is 46.5 Å². The first-order valence-electron chi connectivity index (χ1n) is 11.6. The van der Waals surface area contributed by atoms with E-state index < -0.39 is 5.91 Å². The van der Waals surface area contributed by atoms with E-state index in [0.29, 0.717) is 21.6 Å². The Morgan fingerprint density at radius 1 is 1.29 bits per heavy atom. The van der Waals surface area contributed by atoms with E-state index in [2.05, 4.69) is 58.4 Å². The third-order valence-electron chi connectivity index (χ3n) is 6.25. The number of hydrogen-bond acceptors (Lipinski definition) is 7. The lowest BCUT2D eigenvalue weighted by atomic mass is 9.88. The summed E-state index contributed by atoms with van der Waals surface area (Å²) < 4.78 is 3.28. The normalized spacial score (nSPS) is 15.5. The fourth-order valence-corrected chi connectivity index (χ4v) is 7.81. The molecule has 35 heavy (non-hydrogen) atoms. The van der Waals surface area contributed by atoms with Crippen LogP contribution in [0.5, 0.6) is 0 Å². The Labute approximate surface area is 216 Å². The Balaban J connectivity index is 1.35. The first-order chi connectivity index (χ1) is 16.8. The van der Waals surface area contributed by atoms with Gasteiger partial charge in [0.05, 0.1) is 11.3 Å². The summed E-state index contributed by atoms with van der Waals surface area (Å²) in [5, 5.41) is 16.4. The van der Waals surface area contributed by atoms with Crippen LogP contribution in [0.25, 0.3) is 21.5 Å². The molecule has 182 valence electrons.